The standard InChI is InChI=1S/C66H111N9O15/c1-34(2)49-61(82)67-46(31-43-25-19-16-20-26-43)58(79)73-53(38(9)10)65(86)89-41(14)56(77)71-51(36(5)6)63(84)69-48(33-45-29-23-18-24-30-45)60(81)75-54(39(11)12)66(87)90-42(15)57(78)72-50(35(3)4)62(83)68-47(32-44-27-21-17-22-28-44)59(80)74-52(37(7)8)64(85)88-40(13)55(76)70-49/h34-54H,16-33H2,1-15H3,(H,67,82)(H,68,83)(H,69,84)(H,70,76)(H,71,77)(H,72,78)(H,73,79)(H,74,80)(H,75,81)/t40-,41-,42-,46+,47+,48+,49-,50-,51-,52+,53+,54+/m0/s1. The SMILES string of the molecule is CC(C)[C@@H]1NC(=O)[C@H](C)OC(=O)[C@@H](C(C)C)NC(=O)[C@@H](CC2CCCCC2)NC(=O)[C@H](C(C)C)NC(=O)[C@H](C)OC(=O)[C@@H](C(C)C)NC(=O)[C@@H](CC2CCCCC2)NC(=O)[C@H](C(C)C)NC(=O)[C@H](C)OC(=O)[C@@H](C(C)C)NC(=O)[C@@H](CC2CCCCC2)NC1=O. The van der Waals surface area contributed by atoms with Gasteiger partial charge in [-0.05, 0) is 93.3 Å². The summed E-state index contributed by atoms with van der Waals surface area (Å²) in [7, 11) is 0. The number of hydrogen-bond donors (Lipinski definition) is 9. The Kier molecular flexibility index (Phi) is 31.0. The van der Waals surface area contributed by atoms with E-state index in [2.05, 4.69) is 47.9 Å². The Labute approximate surface area is 534 Å². The summed E-state index contributed by atoms with van der Waals surface area (Å²) < 4.78 is 17.1. The second-order valence-electron chi connectivity index (χ2n) is 28.0. The Morgan fingerprint density at radius 1 is 0.267 bits per heavy atom. The summed E-state index contributed by atoms with van der Waals surface area (Å²) in [4.78, 5) is 171. The molecule has 1 heterocycles. The normalized spacial score (nSPS) is 30.1. The topological polar surface area (TPSA) is 341 Å². The van der Waals surface area contributed by atoms with Crippen LogP contribution in [0.2, 0.25) is 0 Å². The Balaban J connectivity index is 1.76. The third-order valence-corrected chi connectivity index (χ3v) is 18.2. The highest BCUT2D eigenvalue weighted by Gasteiger charge is 2.41. The highest BCUT2D eigenvalue weighted by atomic mass is 16.6. The molecule has 9 N–H and O–H groups in total. The van der Waals surface area contributed by atoms with Gasteiger partial charge in [-0.1, -0.05) is 179 Å². The molecular weight excluding hydrogens is 1160 g/mol. The Morgan fingerprint density at radius 3 is 0.644 bits per heavy atom. The Bertz CT molecular complexity index is 2170. The minimum Gasteiger partial charge on any atom is -0.451 e. The van der Waals surface area contributed by atoms with Gasteiger partial charge >= 0.3 is 17.9 Å². The number of nitrogens with one attached hydrogen (secondary N) is 9. The zero-order valence-electron chi connectivity index (χ0n) is 56.5. The van der Waals surface area contributed by atoms with Crippen molar-refractivity contribution in [3.63, 3.8) is 0 Å². The molecule has 3 aliphatic carbocycles. The molecular formula is C66H111N9O15. The van der Waals surface area contributed by atoms with E-state index in [9.17, 15) is 57.5 Å². The molecule has 0 bridgehead atoms. The molecule has 24 nitrogen and oxygen atoms in total. The minimum absolute atomic E-state index is 0.0324. The quantitative estimate of drug-likeness (QED) is 0.0917. The van der Waals surface area contributed by atoms with Crippen molar-refractivity contribution in [1.82, 2.24) is 47.9 Å². The molecule has 4 aliphatic rings. The van der Waals surface area contributed by atoms with E-state index in [1.54, 1.807) is 83.1 Å². The predicted molar refractivity (Wildman–Crippen MR) is 337 cm³/mol. The molecule has 4 rings (SSSR count). The number of esters is 3. The van der Waals surface area contributed by atoms with Crippen molar-refractivity contribution < 1.29 is 71.7 Å². The first-order valence-corrected chi connectivity index (χ1v) is 33.6. The predicted octanol–water partition coefficient (Wildman–Crippen LogP) is 5.01. The zero-order valence-corrected chi connectivity index (χ0v) is 56.5. The van der Waals surface area contributed by atoms with Crippen LogP contribution in [-0.2, 0) is 71.7 Å². The summed E-state index contributed by atoms with van der Waals surface area (Å²) in [5.41, 5.74) is 0. The second kappa shape index (κ2) is 36.6. The Morgan fingerprint density at radius 2 is 0.456 bits per heavy atom. The fraction of sp³-hybridized carbons (Fsp3) is 0.818. The minimum atomic E-state index is -1.49. The molecule has 0 aromatic heterocycles. The van der Waals surface area contributed by atoms with E-state index in [1.807, 2.05) is 0 Å². The van der Waals surface area contributed by atoms with Crippen LogP contribution >= 0.6 is 0 Å². The van der Waals surface area contributed by atoms with Crippen molar-refractivity contribution in [3.05, 3.63) is 0 Å². The lowest BCUT2D eigenvalue weighted by Gasteiger charge is -2.32. The maximum Gasteiger partial charge on any atom is 0.329 e. The number of ether oxygens (including phenoxy) is 3. The first kappa shape index (κ1) is 76.1. The zero-order chi connectivity index (χ0) is 67.3. The summed E-state index contributed by atoms with van der Waals surface area (Å²) in [6.45, 7) is 24.1. The molecule has 12 atom stereocenters. The van der Waals surface area contributed by atoms with Gasteiger partial charge in [-0.3, -0.25) is 43.2 Å². The van der Waals surface area contributed by atoms with Crippen molar-refractivity contribution in [2.75, 3.05) is 0 Å². The van der Waals surface area contributed by atoms with E-state index in [4.69, 9.17) is 14.2 Å². The number of carbonyl (C=O) groups excluding carboxylic acids is 12. The number of hydrogen-bond acceptors (Lipinski definition) is 15. The molecule has 3 saturated carbocycles. The van der Waals surface area contributed by atoms with Gasteiger partial charge < -0.3 is 62.1 Å². The summed E-state index contributed by atoms with van der Waals surface area (Å²) in [5, 5.41) is 24.9. The second-order valence-corrected chi connectivity index (χ2v) is 28.0. The molecule has 0 aromatic carbocycles. The molecule has 0 radical (unpaired) electrons. The van der Waals surface area contributed by atoms with Gasteiger partial charge in [-0.25, -0.2) is 14.4 Å². The van der Waals surface area contributed by atoms with E-state index in [0.29, 0.717) is 0 Å². The van der Waals surface area contributed by atoms with Gasteiger partial charge in [0, 0.05) is 0 Å². The lowest BCUT2D eigenvalue weighted by molar-refractivity contribution is -0.159. The Hall–Kier alpha value is -6.36. The summed E-state index contributed by atoms with van der Waals surface area (Å²) in [5.74, 6) is -13.0. The van der Waals surface area contributed by atoms with Gasteiger partial charge in [0.05, 0.1) is 0 Å². The number of cyclic esters (lactones) is 3. The highest BCUT2D eigenvalue weighted by molar-refractivity contribution is 5.98. The monoisotopic (exact) mass is 1270 g/mol. The van der Waals surface area contributed by atoms with Gasteiger partial charge in [0.25, 0.3) is 17.7 Å². The van der Waals surface area contributed by atoms with Crippen molar-refractivity contribution in [2.45, 2.75) is 292 Å². The number of rotatable bonds is 12. The molecule has 510 valence electrons. The molecule has 24 heteroatoms. The molecule has 90 heavy (non-hydrogen) atoms. The van der Waals surface area contributed by atoms with Crippen LogP contribution in [0.3, 0.4) is 0 Å². The van der Waals surface area contributed by atoms with Gasteiger partial charge in [-0.2, -0.15) is 0 Å². The van der Waals surface area contributed by atoms with E-state index < -0.39 is 179 Å². The van der Waals surface area contributed by atoms with Crippen LogP contribution in [-0.4, -0.2) is 144 Å². The fourth-order valence-corrected chi connectivity index (χ4v) is 12.3. The van der Waals surface area contributed by atoms with E-state index in [1.165, 1.54) is 20.8 Å². The van der Waals surface area contributed by atoms with Crippen LogP contribution in [0.1, 0.15) is 219 Å². The van der Waals surface area contributed by atoms with Gasteiger partial charge in [-0.15, -0.1) is 0 Å². The van der Waals surface area contributed by atoms with Crippen LogP contribution in [0.25, 0.3) is 0 Å². The number of amides is 9. The van der Waals surface area contributed by atoms with Gasteiger partial charge in [0.2, 0.25) is 35.4 Å². The fourth-order valence-electron chi connectivity index (χ4n) is 12.3. The first-order chi connectivity index (χ1) is 42.3. The molecule has 0 spiro atoms. The lowest BCUT2D eigenvalue weighted by atomic mass is 9.84. The summed E-state index contributed by atoms with van der Waals surface area (Å²) >= 11 is 0. The maximum absolute atomic E-state index is 14.5. The molecule has 1 aliphatic heterocycles. The first-order valence-electron chi connectivity index (χ1n) is 33.6. The van der Waals surface area contributed by atoms with Crippen molar-refractivity contribution in [2.24, 2.45) is 53.3 Å². The molecule has 1 saturated heterocycles. The van der Waals surface area contributed by atoms with E-state index in [-0.39, 0.29) is 37.0 Å². The summed E-state index contributed by atoms with van der Waals surface area (Å²) in [6.07, 6.45) is 9.42. The molecule has 9 amide bonds. The largest absolute Gasteiger partial charge is 0.451 e. The summed E-state index contributed by atoms with van der Waals surface area (Å²) in [6, 6.07) is -11.3. The van der Waals surface area contributed by atoms with Crippen LogP contribution < -0.4 is 47.9 Å². The number of carbonyl (C=O) groups is 12. The molecule has 4 fully saturated rings. The van der Waals surface area contributed by atoms with Crippen LogP contribution in [0, 0.1) is 53.3 Å². The lowest BCUT2D eigenvalue weighted by Crippen LogP contribution is -2.60. The average molecular weight is 1270 g/mol. The van der Waals surface area contributed by atoms with Crippen molar-refractivity contribution in [1.29, 1.82) is 0 Å². The van der Waals surface area contributed by atoms with Crippen LogP contribution in [0.15, 0.2) is 0 Å². The van der Waals surface area contributed by atoms with Crippen molar-refractivity contribution >= 4 is 71.1 Å². The van der Waals surface area contributed by atoms with E-state index in [0.717, 1.165) is 96.3 Å². The smallest absolute Gasteiger partial charge is 0.329 e. The van der Waals surface area contributed by atoms with Gasteiger partial charge in [0.15, 0.2) is 18.3 Å². The third-order valence-electron chi connectivity index (χ3n) is 18.2. The molecule has 0 aromatic rings. The van der Waals surface area contributed by atoms with E-state index >= 15 is 0 Å². The third kappa shape index (κ3) is 23.7. The average Bonchev–Trinajstić information content (AvgIpc) is 1.44. The maximum atomic E-state index is 14.5. The molecule has 0 unspecified atom stereocenters. The van der Waals surface area contributed by atoms with Crippen LogP contribution in [0.4, 0.5) is 0 Å². The highest BCUT2D eigenvalue weighted by Crippen LogP contribution is 2.31. The van der Waals surface area contributed by atoms with Crippen molar-refractivity contribution in [3.8, 4) is 0 Å². The van der Waals surface area contributed by atoms with Crippen LogP contribution in [0.5, 0.6) is 0 Å². The van der Waals surface area contributed by atoms with Gasteiger partial charge in [0.1, 0.15) is 54.4 Å².